The standard InChI is InChI=1S/C20H22N2O2S/c1-14(10-11-17-9-6-12-24-17)21-20(23)19-15(2)22-18(25-19)13-16-7-4-3-5-8-16/h3-9,12,14H,10-11,13H2,1-2H3,(H,21,23). The first kappa shape index (κ1) is 17.4. The quantitative estimate of drug-likeness (QED) is 0.685. The summed E-state index contributed by atoms with van der Waals surface area (Å²) in [6, 6.07) is 14.1. The molecule has 1 atom stereocenters. The molecule has 2 heterocycles. The Balaban J connectivity index is 1.58. The number of aryl methyl sites for hydroxylation is 2. The summed E-state index contributed by atoms with van der Waals surface area (Å²) in [5.74, 6) is 0.904. The maximum absolute atomic E-state index is 12.5. The van der Waals surface area contributed by atoms with E-state index < -0.39 is 0 Å². The molecule has 0 aliphatic heterocycles. The van der Waals surface area contributed by atoms with E-state index in [-0.39, 0.29) is 11.9 Å². The third-order valence-corrected chi connectivity index (χ3v) is 5.18. The number of hydrogen-bond donors (Lipinski definition) is 1. The Kier molecular flexibility index (Phi) is 5.66. The van der Waals surface area contributed by atoms with Gasteiger partial charge in [0, 0.05) is 18.9 Å². The van der Waals surface area contributed by atoms with Gasteiger partial charge in [0.2, 0.25) is 0 Å². The average Bonchev–Trinajstić information content (AvgIpc) is 3.23. The lowest BCUT2D eigenvalue weighted by atomic mass is 10.1. The summed E-state index contributed by atoms with van der Waals surface area (Å²) >= 11 is 1.48. The van der Waals surface area contributed by atoms with Gasteiger partial charge in [-0.25, -0.2) is 4.98 Å². The molecule has 0 aliphatic rings. The second-order valence-electron chi connectivity index (χ2n) is 6.18. The number of amides is 1. The summed E-state index contributed by atoms with van der Waals surface area (Å²) in [7, 11) is 0. The van der Waals surface area contributed by atoms with Crippen LogP contribution in [0, 0.1) is 6.92 Å². The molecule has 0 saturated carbocycles. The molecule has 1 N–H and O–H groups in total. The van der Waals surface area contributed by atoms with Gasteiger partial charge in [0.1, 0.15) is 10.6 Å². The number of nitrogens with one attached hydrogen (secondary N) is 1. The first-order valence-electron chi connectivity index (χ1n) is 8.45. The second-order valence-corrected chi connectivity index (χ2v) is 7.26. The molecule has 2 aromatic heterocycles. The number of nitrogens with zero attached hydrogens (tertiary/aromatic N) is 1. The molecule has 3 aromatic rings. The van der Waals surface area contributed by atoms with Crippen LogP contribution in [0.2, 0.25) is 0 Å². The number of hydrogen-bond acceptors (Lipinski definition) is 4. The molecular formula is C20H22N2O2S. The molecule has 0 fully saturated rings. The van der Waals surface area contributed by atoms with Crippen LogP contribution in [0.1, 0.15) is 45.0 Å². The molecule has 0 radical (unpaired) electrons. The van der Waals surface area contributed by atoms with E-state index in [1.165, 1.54) is 16.9 Å². The van der Waals surface area contributed by atoms with E-state index >= 15 is 0 Å². The number of rotatable bonds is 7. The summed E-state index contributed by atoms with van der Waals surface area (Å²) in [6.07, 6.45) is 4.09. The number of aromatic nitrogens is 1. The summed E-state index contributed by atoms with van der Waals surface area (Å²) in [5.41, 5.74) is 2.00. The van der Waals surface area contributed by atoms with Crippen LogP contribution in [0.25, 0.3) is 0 Å². The highest BCUT2D eigenvalue weighted by Crippen LogP contribution is 2.21. The van der Waals surface area contributed by atoms with Crippen LogP contribution >= 0.6 is 11.3 Å². The van der Waals surface area contributed by atoms with Crippen molar-refractivity contribution in [1.29, 1.82) is 0 Å². The van der Waals surface area contributed by atoms with Crippen molar-refractivity contribution in [3.63, 3.8) is 0 Å². The summed E-state index contributed by atoms with van der Waals surface area (Å²) in [5, 5.41) is 4.04. The lowest BCUT2D eigenvalue weighted by Gasteiger charge is -2.12. The summed E-state index contributed by atoms with van der Waals surface area (Å²) < 4.78 is 5.33. The molecule has 1 amide bonds. The molecule has 130 valence electrons. The number of carbonyl (C=O) groups is 1. The Morgan fingerprint density at radius 1 is 1.24 bits per heavy atom. The SMILES string of the molecule is Cc1nc(Cc2ccccc2)sc1C(=O)NC(C)CCc1ccco1. The van der Waals surface area contributed by atoms with Crippen LogP contribution < -0.4 is 5.32 Å². The van der Waals surface area contributed by atoms with Crippen LogP contribution in [-0.4, -0.2) is 16.9 Å². The zero-order chi connectivity index (χ0) is 17.6. The number of thiazole rings is 1. The Labute approximate surface area is 151 Å². The molecular weight excluding hydrogens is 332 g/mol. The minimum Gasteiger partial charge on any atom is -0.469 e. The molecule has 1 aromatic carbocycles. The van der Waals surface area contributed by atoms with Gasteiger partial charge in [-0.2, -0.15) is 0 Å². The normalized spacial score (nSPS) is 12.1. The minimum absolute atomic E-state index is 0.0405. The van der Waals surface area contributed by atoms with Crippen molar-refractivity contribution in [3.05, 3.63) is 75.6 Å². The molecule has 1 unspecified atom stereocenters. The first-order chi connectivity index (χ1) is 12.1. The smallest absolute Gasteiger partial charge is 0.263 e. The third-order valence-electron chi connectivity index (χ3n) is 4.03. The highest BCUT2D eigenvalue weighted by molar-refractivity contribution is 7.13. The van der Waals surface area contributed by atoms with Gasteiger partial charge in [-0.05, 0) is 38.0 Å². The Bertz CT molecular complexity index is 810. The third kappa shape index (κ3) is 4.79. The van der Waals surface area contributed by atoms with Gasteiger partial charge in [0.05, 0.1) is 17.0 Å². The molecule has 0 aliphatic carbocycles. The lowest BCUT2D eigenvalue weighted by molar-refractivity contribution is 0.0941. The van der Waals surface area contributed by atoms with Crippen LogP contribution in [0.5, 0.6) is 0 Å². The van der Waals surface area contributed by atoms with Crippen molar-refractivity contribution in [3.8, 4) is 0 Å². The van der Waals surface area contributed by atoms with Crippen molar-refractivity contribution in [2.75, 3.05) is 0 Å². The lowest BCUT2D eigenvalue weighted by Crippen LogP contribution is -2.32. The molecule has 0 spiro atoms. The molecule has 0 saturated heterocycles. The topological polar surface area (TPSA) is 55.1 Å². The Morgan fingerprint density at radius 2 is 2.04 bits per heavy atom. The van der Waals surface area contributed by atoms with E-state index in [0.717, 1.165) is 35.7 Å². The summed E-state index contributed by atoms with van der Waals surface area (Å²) in [4.78, 5) is 17.8. The number of furan rings is 1. The van der Waals surface area contributed by atoms with Gasteiger partial charge in [0.25, 0.3) is 5.91 Å². The van der Waals surface area contributed by atoms with Crippen molar-refractivity contribution in [1.82, 2.24) is 10.3 Å². The predicted molar refractivity (Wildman–Crippen MR) is 100 cm³/mol. The van der Waals surface area contributed by atoms with E-state index in [4.69, 9.17) is 4.42 Å². The fourth-order valence-corrected chi connectivity index (χ4v) is 3.69. The van der Waals surface area contributed by atoms with Crippen LogP contribution in [-0.2, 0) is 12.8 Å². The molecule has 0 bridgehead atoms. The van der Waals surface area contributed by atoms with E-state index in [0.29, 0.717) is 4.88 Å². The van der Waals surface area contributed by atoms with Gasteiger partial charge in [-0.3, -0.25) is 4.79 Å². The highest BCUT2D eigenvalue weighted by Gasteiger charge is 2.17. The molecule has 3 rings (SSSR count). The van der Waals surface area contributed by atoms with E-state index in [1.807, 2.05) is 44.2 Å². The van der Waals surface area contributed by atoms with E-state index in [2.05, 4.69) is 22.4 Å². The monoisotopic (exact) mass is 354 g/mol. The molecule has 4 nitrogen and oxygen atoms in total. The Hall–Kier alpha value is -2.40. The highest BCUT2D eigenvalue weighted by atomic mass is 32.1. The Morgan fingerprint density at radius 3 is 2.76 bits per heavy atom. The largest absolute Gasteiger partial charge is 0.469 e. The fraction of sp³-hybridized carbons (Fsp3) is 0.300. The molecule has 25 heavy (non-hydrogen) atoms. The summed E-state index contributed by atoms with van der Waals surface area (Å²) in [6.45, 7) is 3.91. The van der Waals surface area contributed by atoms with Crippen molar-refractivity contribution in [2.24, 2.45) is 0 Å². The first-order valence-corrected chi connectivity index (χ1v) is 9.27. The van der Waals surface area contributed by atoms with E-state index in [1.54, 1.807) is 6.26 Å². The number of carbonyl (C=O) groups excluding carboxylic acids is 1. The zero-order valence-electron chi connectivity index (χ0n) is 14.5. The van der Waals surface area contributed by atoms with Crippen LogP contribution in [0.4, 0.5) is 0 Å². The van der Waals surface area contributed by atoms with Crippen LogP contribution in [0.15, 0.2) is 53.1 Å². The maximum atomic E-state index is 12.5. The van der Waals surface area contributed by atoms with Crippen molar-refractivity contribution < 1.29 is 9.21 Å². The second kappa shape index (κ2) is 8.12. The zero-order valence-corrected chi connectivity index (χ0v) is 15.3. The van der Waals surface area contributed by atoms with E-state index in [9.17, 15) is 4.79 Å². The number of benzene rings is 1. The molecule has 5 heteroatoms. The van der Waals surface area contributed by atoms with Crippen LogP contribution in [0.3, 0.4) is 0 Å². The average molecular weight is 354 g/mol. The fourth-order valence-electron chi connectivity index (χ4n) is 2.68. The maximum Gasteiger partial charge on any atom is 0.263 e. The van der Waals surface area contributed by atoms with Gasteiger partial charge in [0.15, 0.2) is 0 Å². The predicted octanol–water partition coefficient (Wildman–Crippen LogP) is 4.39. The van der Waals surface area contributed by atoms with Gasteiger partial charge in [-0.15, -0.1) is 11.3 Å². The van der Waals surface area contributed by atoms with Gasteiger partial charge in [-0.1, -0.05) is 30.3 Å². The van der Waals surface area contributed by atoms with Crippen molar-refractivity contribution >= 4 is 17.2 Å². The van der Waals surface area contributed by atoms with Crippen molar-refractivity contribution in [2.45, 2.75) is 39.2 Å². The van der Waals surface area contributed by atoms with Gasteiger partial charge < -0.3 is 9.73 Å². The van der Waals surface area contributed by atoms with Gasteiger partial charge >= 0.3 is 0 Å². The minimum atomic E-state index is -0.0405.